The van der Waals surface area contributed by atoms with Crippen LogP contribution in [-0.2, 0) is 12.8 Å². The van der Waals surface area contributed by atoms with Crippen molar-refractivity contribution in [2.45, 2.75) is 26.2 Å². The van der Waals surface area contributed by atoms with Gasteiger partial charge in [0.15, 0.2) is 0 Å². The van der Waals surface area contributed by atoms with Crippen molar-refractivity contribution in [1.82, 2.24) is 0 Å². The van der Waals surface area contributed by atoms with Gasteiger partial charge in [-0.1, -0.05) is 31.2 Å². The third kappa shape index (κ3) is 2.51. The van der Waals surface area contributed by atoms with Crippen molar-refractivity contribution in [2.24, 2.45) is 0 Å². The molecule has 0 aromatic heterocycles. The lowest BCUT2D eigenvalue weighted by Crippen LogP contribution is -2.36. The van der Waals surface area contributed by atoms with Gasteiger partial charge in [-0.3, -0.25) is 4.79 Å². The first-order chi connectivity index (χ1) is 10.2. The first-order valence-corrected chi connectivity index (χ1v) is 7.49. The van der Waals surface area contributed by atoms with Crippen LogP contribution in [0.4, 0.5) is 11.4 Å². The highest BCUT2D eigenvalue weighted by Gasteiger charge is 2.24. The standard InChI is InChI=1S/C18H20N2O/c1-2-13-6-3-4-8-16(13)18(21)20-11-5-7-14-9-10-15(19)12-17(14)20/h3-4,6,8-10,12H,2,5,7,11,19H2,1H3. The number of nitrogen functional groups attached to an aromatic ring is 1. The minimum Gasteiger partial charge on any atom is -0.399 e. The average molecular weight is 280 g/mol. The summed E-state index contributed by atoms with van der Waals surface area (Å²) in [6, 6.07) is 13.7. The molecule has 0 spiro atoms. The number of anilines is 2. The molecule has 1 aliphatic rings. The molecule has 2 N–H and O–H groups in total. The topological polar surface area (TPSA) is 46.3 Å². The number of benzene rings is 2. The molecule has 1 aliphatic heterocycles. The molecule has 108 valence electrons. The summed E-state index contributed by atoms with van der Waals surface area (Å²) in [5.74, 6) is 0.0824. The van der Waals surface area contributed by atoms with E-state index >= 15 is 0 Å². The van der Waals surface area contributed by atoms with Crippen LogP contribution in [0.3, 0.4) is 0 Å². The van der Waals surface area contributed by atoms with Crippen molar-refractivity contribution in [1.29, 1.82) is 0 Å². The number of aryl methyl sites for hydroxylation is 2. The van der Waals surface area contributed by atoms with Crippen LogP contribution in [0.25, 0.3) is 0 Å². The lowest BCUT2D eigenvalue weighted by atomic mass is 9.98. The molecule has 0 atom stereocenters. The van der Waals surface area contributed by atoms with E-state index in [2.05, 4.69) is 6.92 Å². The number of carbonyl (C=O) groups is 1. The van der Waals surface area contributed by atoms with Crippen molar-refractivity contribution in [2.75, 3.05) is 17.2 Å². The molecular weight excluding hydrogens is 260 g/mol. The van der Waals surface area contributed by atoms with Crippen molar-refractivity contribution < 1.29 is 4.79 Å². The van der Waals surface area contributed by atoms with Gasteiger partial charge in [0.2, 0.25) is 0 Å². The molecule has 0 aliphatic carbocycles. The molecule has 0 saturated carbocycles. The third-order valence-electron chi connectivity index (χ3n) is 4.10. The Labute approximate surface area is 125 Å². The lowest BCUT2D eigenvalue weighted by molar-refractivity contribution is 0.0984. The fraction of sp³-hybridized carbons (Fsp3) is 0.278. The second kappa shape index (κ2) is 5.60. The Hall–Kier alpha value is -2.29. The molecule has 3 rings (SSSR count). The number of hydrogen-bond acceptors (Lipinski definition) is 2. The van der Waals surface area contributed by atoms with Gasteiger partial charge in [-0.05, 0) is 48.6 Å². The molecule has 0 radical (unpaired) electrons. The molecule has 3 heteroatoms. The molecule has 0 bridgehead atoms. The highest BCUT2D eigenvalue weighted by Crippen LogP contribution is 2.30. The quantitative estimate of drug-likeness (QED) is 0.857. The van der Waals surface area contributed by atoms with Gasteiger partial charge in [-0.2, -0.15) is 0 Å². The molecule has 0 fully saturated rings. The predicted octanol–water partition coefficient (Wildman–Crippen LogP) is 3.42. The third-order valence-corrected chi connectivity index (χ3v) is 4.10. The van der Waals surface area contributed by atoms with Crippen molar-refractivity contribution in [3.8, 4) is 0 Å². The summed E-state index contributed by atoms with van der Waals surface area (Å²) in [4.78, 5) is 14.8. The lowest BCUT2D eigenvalue weighted by Gasteiger charge is -2.30. The molecule has 1 heterocycles. The van der Waals surface area contributed by atoms with E-state index in [0.717, 1.165) is 42.6 Å². The number of rotatable bonds is 2. The monoisotopic (exact) mass is 280 g/mol. The van der Waals surface area contributed by atoms with Gasteiger partial charge in [0.25, 0.3) is 5.91 Å². The number of nitrogens with two attached hydrogens (primary N) is 1. The van der Waals surface area contributed by atoms with Crippen LogP contribution >= 0.6 is 0 Å². The zero-order chi connectivity index (χ0) is 14.8. The first kappa shape index (κ1) is 13.7. The second-order valence-electron chi connectivity index (χ2n) is 5.46. The number of carbonyl (C=O) groups excluding carboxylic acids is 1. The van der Waals surface area contributed by atoms with E-state index in [-0.39, 0.29) is 5.91 Å². The van der Waals surface area contributed by atoms with Crippen LogP contribution in [0, 0.1) is 0 Å². The summed E-state index contributed by atoms with van der Waals surface area (Å²) in [6.07, 6.45) is 2.87. The highest BCUT2D eigenvalue weighted by atomic mass is 16.2. The second-order valence-corrected chi connectivity index (χ2v) is 5.46. The van der Waals surface area contributed by atoms with Crippen molar-refractivity contribution >= 4 is 17.3 Å². The number of hydrogen-bond donors (Lipinski definition) is 1. The maximum atomic E-state index is 12.9. The summed E-state index contributed by atoms with van der Waals surface area (Å²) in [6.45, 7) is 2.83. The molecule has 1 amide bonds. The first-order valence-electron chi connectivity index (χ1n) is 7.49. The van der Waals surface area contributed by atoms with Gasteiger partial charge in [0, 0.05) is 23.5 Å². The van der Waals surface area contributed by atoms with Crippen LogP contribution in [0.1, 0.15) is 34.8 Å². The fourth-order valence-corrected chi connectivity index (χ4v) is 2.99. The average Bonchev–Trinajstić information content (AvgIpc) is 2.53. The molecule has 2 aromatic carbocycles. The van der Waals surface area contributed by atoms with Gasteiger partial charge in [0.05, 0.1) is 0 Å². The van der Waals surface area contributed by atoms with E-state index in [9.17, 15) is 4.79 Å². The van der Waals surface area contributed by atoms with E-state index in [4.69, 9.17) is 5.73 Å². The van der Waals surface area contributed by atoms with Gasteiger partial charge >= 0.3 is 0 Å². The fourth-order valence-electron chi connectivity index (χ4n) is 2.99. The maximum absolute atomic E-state index is 12.9. The largest absolute Gasteiger partial charge is 0.399 e. The van der Waals surface area contributed by atoms with Gasteiger partial charge in [-0.15, -0.1) is 0 Å². The van der Waals surface area contributed by atoms with E-state index in [1.165, 1.54) is 5.56 Å². The van der Waals surface area contributed by atoms with E-state index in [0.29, 0.717) is 5.69 Å². The molecule has 0 unspecified atom stereocenters. The van der Waals surface area contributed by atoms with E-state index in [1.807, 2.05) is 47.4 Å². The Morgan fingerprint density at radius 2 is 2.05 bits per heavy atom. The van der Waals surface area contributed by atoms with E-state index in [1.54, 1.807) is 0 Å². The zero-order valence-electron chi connectivity index (χ0n) is 12.3. The zero-order valence-corrected chi connectivity index (χ0v) is 12.3. The molecule has 3 nitrogen and oxygen atoms in total. The summed E-state index contributed by atoms with van der Waals surface area (Å²) in [7, 11) is 0. The van der Waals surface area contributed by atoms with Crippen LogP contribution < -0.4 is 10.6 Å². The Balaban J connectivity index is 2.02. The van der Waals surface area contributed by atoms with Crippen LogP contribution in [-0.4, -0.2) is 12.5 Å². The maximum Gasteiger partial charge on any atom is 0.258 e. The Morgan fingerprint density at radius 1 is 1.24 bits per heavy atom. The van der Waals surface area contributed by atoms with Gasteiger partial charge in [-0.25, -0.2) is 0 Å². The molecule has 21 heavy (non-hydrogen) atoms. The van der Waals surface area contributed by atoms with Crippen LogP contribution in [0.5, 0.6) is 0 Å². The van der Waals surface area contributed by atoms with E-state index < -0.39 is 0 Å². The van der Waals surface area contributed by atoms with Crippen LogP contribution in [0.2, 0.25) is 0 Å². The Kier molecular flexibility index (Phi) is 3.65. The number of fused-ring (bicyclic) bond motifs is 1. The Bertz CT molecular complexity index is 679. The van der Waals surface area contributed by atoms with Crippen molar-refractivity contribution in [3.05, 3.63) is 59.2 Å². The summed E-state index contributed by atoms with van der Waals surface area (Å²) >= 11 is 0. The van der Waals surface area contributed by atoms with Gasteiger partial charge < -0.3 is 10.6 Å². The number of nitrogens with zero attached hydrogens (tertiary/aromatic N) is 1. The highest BCUT2D eigenvalue weighted by molar-refractivity contribution is 6.07. The SMILES string of the molecule is CCc1ccccc1C(=O)N1CCCc2ccc(N)cc21. The Morgan fingerprint density at radius 3 is 2.86 bits per heavy atom. The molecule has 2 aromatic rings. The molecular formula is C18H20N2O. The molecule has 0 saturated heterocycles. The summed E-state index contributed by atoms with van der Waals surface area (Å²) in [5.41, 5.74) is 10.7. The summed E-state index contributed by atoms with van der Waals surface area (Å²) in [5, 5.41) is 0. The number of amides is 1. The normalized spacial score (nSPS) is 13.9. The smallest absolute Gasteiger partial charge is 0.258 e. The van der Waals surface area contributed by atoms with Crippen LogP contribution in [0.15, 0.2) is 42.5 Å². The minimum absolute atomic E-state index is 0.0824. The van der Waals surface area contributed by atoms with Gasteiger partial charge in [0.1, 0.15) is 0 Å². The predicted molar refractivity (Wildman–Crippen MR) is 86.7 cm³/mol. The minimum atomic E-state index is 0.0824. The van der Waals surface area contributed by atoms with Crippen molar-refractivity contribution in [3.63, 3.8) is 0 Å². The summed E-state index contributed by atoms with van der Waals surface area (Å²) < 4.78 is 0.